The number of amides is 1. The molecule has 17 aromatic rings. The fraction of sp³-hybridized carbons (Fsp3) is 0.0476. The number of carboxylic acid groups (broad SMARTS) is 1. The monoisotopic (exact) mass is 1800 g/mol. The lowest BCUT2D eigenvalue weighted by Gasteiger charge is -2.21. The molecule has 0 aliphatic carbocycles. The average Bonchev–Trinajstić information content (AvgIpc) is 1.36. The van der Waals surface area contributed by atoms with E-state index >= 15 is 0 Å². The van der Waals surface area contributed by atoms with Crippen molar-refractivity contribution in [1.29, 1.82) is 0 Å². The number of carboxylic acids is 1. The molecule has 0 fully saturated rings. The first-order valence-corrected chi connectivity index (χ1v) is 50.1. The Bertz CT molecular complexity index is 6930. The van der Waals surface area contributed by atoms with Gasteiger partial charge in [-0.05, 0) is 235 Å². The summed E-state index contributed by atoms with van der Waals surface area (Å²) in [5.41, 5.74) is 6.17. The third-order valence-corrected chi connectivity index (χ3v) is 37.6. The second-order valence-corrected chi connectivity index (χ2v) is 44.1. The summed E-state index contributed by atoms with van der Waals surface area (Å²) >= 11 is 1.74. The Hall–Kier alpha value is -12.9. The van der Waals surface area contributed by atoms with E-state index in [0.717, 1.165) is 79.7 Å². The average molecular weight is 1800 g/mol. The molecule has 4 aliphatic rings. The van der Waals surface area contributed by atoms with Crippen molar-refractivity contribution in [3.05, 3.63) is 437 Å². The number of benzene rings is 16. The zero-order valence-electron chi connectivity index (χ0n) is 68.3. The van der Waals surface area contributed by atoms with Crippen molar-refractivity contribution in [2.45, 2.75) is 109 Å². The molecule has 0 bridgehead atoms. The first-order valence-electron chi connectivity index (χ1n) is 40.1. The van der Waals surface area contributed by atoms with Crippen LogP contribution >= 0.6 is 22.2 Å². The minimum absolute atomic E-state index is 0.0380. The smallest absolute Gasteiger partial charge is 0.348 e. The van der Waals surface area contributed by atoms with Gasteiger partial charge in [-0.25, -0.2) is 22.2 Å². The van der Waals surface area contributed by atoms with Crippen molar-refractivity contribution >= 4 is 136 Å². The summed E-state index contributed by atoms with van der Waals surface area (Å²) in [6.45, 7) is 6.59. The Balaban J connectivity index is 0.000000111. The van der Waals surface area contributed by atoms with Gasteiger partial charge in [0.25, 0.3) is 11.6 Å². The van der Waals surface area contributed by atoms with Gasteiger partial charge in [0, 0.05) is 39.6 Å². The lowest BCUT2D eigenvalue weighted by Crippen LogP contribution is -2.20. The van der Waals surface area contributed by atoms with Crippen molar-refractivity contribution in [2.24, 2.45) is 0 Å². The van der Waals surface area contributed by atoms with Gasteiger partial charge >= 0.3 is 11.9 Å². The predicted octanol–water partition coefficient (Wildman–Crippen LogP) is 25.2. The highest BCUT2D eigenvalue weighted by Gasteiger charge is 2.47. The first-order chi connectivity index (χ1) is 61.2. The predicted molar refractivity (Wildman–Crippen MR) is 510 cm³/mol. The number of para-hydroxylation sites is 2. The molecule has 1 aromatic heterocycles. The van der Waals surface area contributed by atoms with E-state index in [-0.39, 0.29) is 55.3 Å². The Morgan fingerprint density at radius 3 is 1.36 bits per heavy atom. The van der Waals surface area contributed by atoms with Crippen molar-refractivity contribution in [3.8, 4) is 21.8 Å². The Morgan fingerprint density at radius 1 is 0.421 bits per heavy atom. The molecular formula is C105H79N2O11S8+5. The largest absolute Gasteiger partial charge is 0.478 e. The Morgan fingerprint density at radius 2 is 0.817 bits per heavy atom. The maximum absolute atomic E-state index is 13.1. The van der Waals surface area contributed by atoms with Crippen molar-refractivity contribution in [3.63, 3.8) is 0 Å². The maximum Gasteiger partial charge on any atom is 0.348 e. The number of carbonyl (C=O) groups is 3. The molecule has 2 unspecified atom stereocenters. The molecule has 0 spiro atoms. The fourth-order valence-corrected chi connectivity index (χ4v) is 31.5. The van der Waals surface area contributed by atoms with E-state index in [2.05, 4.69) is 154 Å². The standard InChI is InChI=1S/C24H17OS2.C22H21O2S2.C20H13NO3S.C20H15OS2.C19H12NO4S/c25-27-23-12-6-4-10-21(23)26(22-11-5-7-13-24(22)27)20-16-14-19(15-17-20)18-8-2-1-3-9-18;1-22(2,3)16-12-14-17(15-13-16)25-18-8-4-6-10-20(18)26(23,24)21-11-7-5-9-19(21)25;22-19-15-5-1-3-7-17(15)25(18-8-4-2-6-16(18)21-19)14-11-9-13(10-12-14)20(23)24;1-22-14-10-12-15(13-11-14)23-18-8-4-2-6-16(18)20(21)17-7-3-5-9-19(17)23;21-19-15-5-1-3-7-17(15)25(18-8-4-2-6-16(18)24-19)14-11-9-13(10-12-14)20(22)23/h1-17H;4-15H,1-3H3;1-12H,(H-,21,22,23,24);2-13H,1H3;1-12H/q2*+1;;2*+1/p+1. The Kier molecular flexibility index (Phi) is 25.1. The van der Waals surface area contributed by atoms with Crippen molar-refractivity contribution < 1.29 is 41.8 Å². The Labute approximate surface area is 750 Å². The third-order valence-electron chi connectivity index (χ3n) is 21.3. The molecule has 0 saturated heterocycles. The number of nitrogens with zero attached hydrogens (tertiary/aromatic N) is 1. The molecule has 16 aromatic carbocycles. The highest BCUT2D eigenvalue weighted by Crippen LogP contribution is 2.49. The second kappa shape index (κ2) is 37.1. The molecule has 126 heavy (non-hydrogen) atoms. The van der Waals surface area contributed by atoms with E-state index in [1.807, 2.05) is 194 Å². The summed E-state index contributed by atoms with van der Waals surface area (Å²) in [5.74, 6) is -0.945. The van der Waals surface area contributed by atoms with E-state index in [4.69, 9.17) is 9.84 Å². The van der Waals surface area contributed by atoms with Crippen LogP contribution in [0, 0.1) is 10.1 Å². The van der Waals surface area contributed by atoms with Crippen LogP contribution in [0.4, 0.5) is 11.4 Å². The number of carbonyl (C=O) groups excluding carboxylic acids is 2. The van der Waals surface area contributed by atoms with Crippen LogP contribution in [0.1, 0.15) is 57.4 Å². The number of sulfone groups is 1. The lowest BCUT2D eigenvalue weighted by molar-refractivity contribution is -0.384. The third kappa shape index (κ3) is 17.3. The summed E-state index contributed by atoms with van der Waals surface area (Å²) in [6, 6.07) is 127. The zero-order valence-corrected chi connectivity index (χ0v) is 74.8. The number of ether oxygens (including phenoxy) is 1. The van der Waals surface area contributed by atoms with Gasteiger partial charge in [0.2, 0.25) is 20.2 Å². The van der Waals surface area contributed by atoms with Crippen LogP contribution in [0.15, 0.2) is 482 Å². The molecule has 0 radical (unpaired) electrons. The lowest BCUT2D eigenvalue weighted by atomic mass is 9.87. The number of rotatable bonds is 9. The molecule has 13 nitrogen and oxygen atoms in total. The van der Waals surface area contributed by atoms with Crippen molar-refractivity contribution in [1.82, 2.24) is 0 Å². The van der Waals surface area contributed by atoms with Crippen LogP contribution in [0.3, 0.4) is 0 Å². The number of nitrogens with one attached hydrogen (secondary N) is 1. The summed E-state index contributed by atoms with van der Waals surface area (Å²) in [5, 5.41) is 24.7. The van der Waals surface area contributed by atoms with E-state index < -0.39 is 64.2 Å². The first kappa shape index (κ1) is 85.2. The van der Waals surface area contributed by atoms with Crippen LogP contribution in [-0.2, 0) is 69.6 Å². The van der Waals surface area contributed by atoms with Gasteiger partial charge < -0.3 is 15.2 Å². The summed E-state index contributed by atoms with van der Waals surface area (Å²) in [7, 11) is -6.53. The van der Waals surface area contributed by atoms with Gasteiger partial charge in [0.05, 0.1) is 53.1 Å². The van der Waals surface area contributed by atoms with E-state index in [0.29, 0.717) is 26.7 Å². The van der Waals surface area contributed by atoms with Crippen molar-refractivity contribution in [2.75, 3.05) is 11.6 Å². The van der Waals surface area contributed by atoms with Gasteiger partial charge in [-0.1, -0.05) is 185 Å². The number of esters is 1. The van der Waals surface area contributed by atoms with E-state index in [1.165, 1.54) is 53.3 Å². The minimum Gasteiger partial charge on any atom is -0.478 e. The number of aromatic carboxylic acids is 1. The highest BCUT2D eigenvalue weighted by atomic mass is 32.2. The quantitative estimate of drug-likeness (QED) is 0.0263. The molecule has 4 aliphatic heterocycles. The molecule has 21 heteroatoms. The molecule has 0 saturated carbocycles. The van der Waals surface area contributed by atoms with Gasteiger partial charge in [0.1, 0.15) is 58.9 Å². The number of nitro benzene ring substituents is 1. The molecule has 2 atom stereocenters. The molecule has 5 heterocycles. The summed E-state index contributed by atoms with van der Waals surface area (Å²) in [4.78, 5) is 76.8. The zero-order chi connectivity index (χ0) is 87.3. The van der Waals surface area contributed by atoms with Crippen LogP contribution < -0.4 is 15.5 Å². The molecule has 618 valence electrons. The summed E-state index contributed by atoms with van der Waals surface area (Å²) in [6.07, 6.45) is 2.08. The highest BCUT2D eigenvalue weighted by molar-refractivity contribution is 8.01. The fourth-order valence-electron chi connectivity index (χ4n) is 15.2. The van der Waals surface area contributed by atoms with Crippen LogP contribution in [0.25, 0.3) is 36.2 Å². The van der Waals surface area contributed by atoms with Gasteiger partial charge in [0.15, 0.2) is 73.9 Å². The van der Waals surface area contributed by atoms with Gasteiger partial charge in [-0.2, -0.15) is 0 Å². The molecule has 1 amide bonds. The number of fused-ring (bicyclic) bond motifs is 10. The number of non-ortho nitro benzene ring substituents is 1. The number of thioether (sulfide) groups is 1. The maximum atomic E-state index is 13.1. The SMILES string of the molecule is CC(C)(C)c1ccc([S+]2c3ccccc3S(=O)(=O)c3ccccc32)cc1.CSc1ccc(-[s+]2c3ccccc3c(=O)c3ccccc32)cc1.O=C(O)c1ccc([S+]2c3ccccc3NC(=O)c3ccccc32)cc1.O=C1Oc2ccccc2[S+](c2ccc([N+](=O)[O-])cc2)c2ccccc21.O=S1c2ccccc2[S+](c2ccc(-c3ccccc3)cc2)c2ccccc21. The second-order valence-electron chi connectivity index (χ2n) is 30.1. The van der Waals surface area contributed by atoms with Gasteiger partial charge in [-0.3, -0.25) is 19.7 Å². The summed E-state index contributed by atoms with van der Waals surface area (Å²) < 4.78 is 47.0. The number of hydrogen-bond donors (Lipinski definition) is 2. The topological polar surface area (TPSA) is 204 Å². The molecule has 21 rings (SSSR count). The van der Waals surface area contributed by atoms with Gasteiger partial charge in [-0.15, -0.1) is 11.8 Å². The molecular weight excluding hydrogens is 1720 g/mol. The minimum atomic E-state index is -3.47. The number of nitro groups is 1. The van der Waals surface area contributed by atoms with Crippen LogP contribution in [0.2, 0.25) is 0 Å². The number of hydrogen-bond acceptors (Lipinski definition) is 11. The van der Waals surface area contributed by atoms with Crippen LogP contribution in [-0.4, -0.2) is 46.8 Å². The van der Waals surface area contributed by atoms with E-state index in [9.17, 15) is 41.9 Å². The molecule has 2 N–H and O–H groups in total. The normalized spacial score (nSPS) is 15.3. The number of anilines is 1. The van der Waals surface area contributed by atoms with E-state index in [1.54, 1.807) is 78.5 Å². The van der Waals surface area contributed by atoms with Crippen LogP contribution in [0.5, 0.6) is 5.75 Å².